The Labute approximate surface area is 146 Å². The van der Waals surface area contributed by atoms with E-state index < -0.39 is 5.60 Å². The molecule has 124 valence electrons. The van der Waals surface area contributed by atoms with Crippen molar-refractivity contribution in [1.29, 1.82) is 5.26 Å². The number of nitriles is 1. The van der Waals surface area contributed by atoms with Crippen LogP contribution in [0, 0.1) is 11.3 Å². The second kappa shape index (κ2) is 7.03. The fourth-order valence-corrected chi connectivity index (χ4v) is 3.63. The van der Waals surface area contributed by atoms with Gasteiger partial charge in [0.25, 0.3) is 0 Å². The van der Waals surface area contributed by atoms with Gasteiger partial charge in [-0.3, -0.25) is 0 Å². The number of fused-ring (bicyclic) bond motifs is 1. The van der Waals surface area contributed by atoms with Crippen LogP contribution >= 0.6 is 9.24 Å². The molecule has 4 heteroatoms. The smallest absolute Gasteiger partial charge is 0.119 e. The molecule has 1 aliphatic rings. The quantitative estimate of drug-likeness (QED) is 0.786. The summed E-state index contributed by atoms with van der Waals surface area (Å²) >= 11 is 0. The number of hydrogen-bond acceptors (Lipinski definition) is 3. The van der Waals surface area contributed by atoms with E-state index in [0.717, 1.165) is 24.9 Å². The van der Waals surface area contributed by atoms with Gasteiger partial charge in [-0.15, -0.1) is 9.24 Å². The van der Waals surface area contributed by atoms with Gasteiger partial charge in [0.15, 0.2) is 0 Å². The first-order valence-corrected chi connectivity index (χ1v) is 8.81. The summed E-state index contributed by atoms with van der Waals surface area (Å²) in [4.78, 5) is 2.20. The molecule has 0 N–H and O–H groups in total. The molecule has 0 spiro atoms. The third-order valence-corrected chi connectivity index (χ3v) is 5.04. The molecule has 2 unspecified atom stereocenters. The SMILES string of the molecule is CN(C)CCCC1(c2ccc(P)cc2)OCc2cc(C#N)ccc21. The molecule has 2 atom stereocenters. The van der Waals surface area contributed by atoms with Gasteiger partial charge in [-0.1, -0.05) is 30.3 Å². The summed E-state index contributed by atoms with van der Waals surface area (Å²) in [6.07, 6.45) is 1.98. The molecule has 3 nitrogen and oxygen atoms in total. The van der Waals surface area contributed by atoms with Crippen molar-refractivity contribution in [3.63, 3.8) is 0 Å². The summed E-state index contributed by atoms with van der Waals surface area (Å²) in [6.45, 7) is 1.59. The van der Waals surface area contributed by atoms with Crippen molar-refractivity contribution in [1.82, 2.24) is 4.90 Å². The van der Waals surface area contributed by atoms with Crippen LogP contribution in [0.5, 0.6) is 0 Å². The summed E-state index contributed by atoms with van der Waals surface area (Å²) in [5.74, 6) is 0. The zero-order valence-electron chi connectivity index (χ0n) is 14.2. The molecule has 0 aliphatic carbocycles. The second-order valence-electron chi connectivity index (χ2n) is 6.63. The highest BCUT2D eigenvalue weighted by atomic mass is 31.0. The standard InChI is InChI=1S/C20H23N2OP/c1-22(2)11-3-10-20(17-5-7-18(24)8-6-17)19-9-4-15(13-21)12-16(19)14-23-20/h4-9,12H,3,10-11,14,24H2,1-2H3. The van der Waals surface area contributed by atoms with Crippen LogP contribution in [0.25, 0.3) is 0 Å². The minimum Gasteiger partial charge on any atom is -0.361 e. The molecule has 3 rings (SSSR count). The largest absolute Gasteiger partial charge is 0.361 e. The molecule has 24 heavy (non-hydrogen) atoms. The van der Waals surface area contributed by atoms with E-state index in [1.807, 2.05) is 12.1 Å². The van der Waals surface area contributed by atoms with Crippen molar-refractivity contribution in [2.75, 3.05) is 20.6 Å². The Morgan fingerprint density at radius 2 is 1.96 bits per heavy atom. The van der Waals surface area contributed by atoms with Gasteiger partial charge in [0.1, 0.15) is 5.60 Å². The number of nitrogens with zero attached hydrogens (tertiary/aromatic N) is 2. The highest BCUT2D eigenvalue weighted by Gasteiger charge is 2.41. The Balaban J connectivity index is 2.02. The topological polar surface area (TPSA) is 36.3 Å². The lowest BCUT2D eigenvalue weighted by atomic mass is 9.81. The number of ether oxygens (including phenoxy) is 1. The third kappa shape index (κ3) is 3.23. The summed E-state index contributed by atoms with van der Waals surface area (Å²) < 4.78 is 6.38. The van der Waals surface area contributed by atoms with Crippen molar-refractivity contribution in [3.8, 4) is 6.07 Å². The number of benzene rings is 2. The van der Waals surface area contributed by atoms with Crippen molar-refractivity contribution in [2.45, 2.75) is 25.0 Å². The Bertz CT molecular complexity index is 764. The molecule has 2 aromatic rings. The minimum absolute atomic E-state index is 0.405. The lowest BCUT2D eigenvalue weighted by Crippen LogP contribution is -2.29. The van der Waals surface area contributed by atoms with Crippen LogP contribution in [-0.2, 0) is 16.9 Å². The first-order chi connectivity index (χ1) is 11.5. The van der Waals surface area contributed by atoms with Gasteiger partial charge < -0.3 is 9.64 Å². The maximum absolute atomic E-state index is 9.15. The molecular weight excluding hydrogens is 315 g/mol. The lowest BCUT2D eigenvalue weighted by molar-refractivity contribution is -0.0139. The first kappa shape index (κ1) is 17.1. The molecule has 0 amide bonds. The second-order valence-corrected chi connectivity index (χ2v) is 7.29. The van der Waals surface area contributed by atoms with E-state index in [2.05, 4.69) is 64.6 Å². The van der Waals surface area contributed by atoms with E-state index in [0.29, 0.717) is 12.2 Å². The van der Waals surface area contributed by atoms with Gasteiger partial charge in [-0.25, -0.2) is 0 Å². The van der Waals surface area contributed by atoms with E-state index >= 15 is 0 Å². The van der Waals surface area contributed by atoms with Crippen molar-refractivity contribution in [2.24, 2.45) is 0 Å². The fourth-order valence-electron chi connectivity index (χ4n) is 3.44. The van der Waals surface area contributed by atoms with Crippen LogP contribution < -0.4 is 5.30 Å². The summed E-state index contributed by atoms with van der Waals surface area (Å²) in [5.41, 5.74) is 3.82. The van der Waals surface area contributed by atoms with Gasteiger partial charge in [0, 0.05) is 0 Å². The van der Waals surface area contributed by atoms with Crippen molar-refractivity contribution < 1.29 is 4.74 Å². The first-order valence-electron chi connectivity index (χ1n) is 8.23. The summed E-state index contributed by atoms with van der Waals surface area (Å²) in [5, 5.41) is 10.3. The molecule has 0 aromatic heterocycles. The van der Waals surface area contributed by atoms with Gasteiger partial charge in [0.05, 0.1) is 18.2 Å². The zero-order valence-corrected chi connectivity index (χ0v) is 15.4. The molecule has 0 radical (unpaired) electrons. The molecule has 0 saturated heterocycles. The highest BCUT2D eigenvalue weighted by Crippen LogP contribution is 2.45. The van der Waals surface area contributed by atoms with Gasteiger partial charge in [0.2, 0.25) is 0 Å². The molecule has 1 aliphatic heterocycles. The predicted octanol–water partition coefficient (Wildman–Crippen LogP) is 3.17. The van der Waals surface area contributed by atoms with Crippen LogP contribution in [0.1, 0.15) is 35.1 Å². The molecule has 0 fully saturated rings. The number of hydrogen-bond donors (Lipinski definition) is 0. The van der Waals surface area contributed by atoms with Crippen LogP contribution in [0.4, 0.5) is 0 Å². The monoisotopic (exact) mass is 338 g/mol. The lowest BCUT2D eigenvalue weighted by Gasteiger charge is -2.31. The summed E-state index contributed by atoms with van der Waals surface area (Å²) in [6, 6.07) is 16.7. The van der Waals surface area contributed by atoms with E-state index in [1.54, 1.807) is 0 Å². The minimum atomic E-state index is -0.405. The Kier molecular flexibility index (Phi) is 5.01. The Hall–Kier alpha value is -1.72. The molecular formula is C20H23N2OP. The van der Waals surface area contributed by atoms with Crippen LogP contribution in [0.3, 0.4) is 0 Å². The Morgan fingerprint density at radius 3 is 2.62 bits per heavy atom. The van der Waals surface area contributed by atoms with Crippen molar-refractivity contribution in [3.05, 3.63) is 64.7 Å². The van der Waals surface area contributed by atoms with E-state index in [4.69, 9.17) is 10.00 Å². The van der Waals surface area contributed by atoms with Gasteiger partial charge >= 0.3 is 0 Å². The van der Waals surface area contributed by atoms with Crippen LogP contribution in [0.15, 0.2) is 42.5 Å². The fraction of sp³-hybridized carbons (Fsp3) is 0.350. The number of rotatable bonds is 5. The molecule has 0 bridgehead atoms. The molecule has 1 heterocycles. The highest BCUT2D eigenvalue weighted by molar-refractivity contribution is 7.27. The maximum atomic E-state index is 9.15. The average molecular weight is 338 g/mol. The third-order valence-electron chi connectivity index (χ3n) is 4.65. The van der Waals surface area contributed by atoms with E-state index in [9.17, 15) is 0 Å². The van der Waals surface area contributed by atoms with E-state index in [1.165, 1.54) is 16.4 Å². The normalized spacial score (nSPS) is 19.3. The van der Waals surface area contributed by atoms with Gasteiger partial charge in [-0.05, 0) is 67.6 Å². The van der Waals surface area contributed by atoms with Crippen LogP contribution in [-0.4, -0.2) is 25.5 Å². The van der Waals surface area contributed by atoms with Gasteiger partial charge in [-0.2, -0.15) is 5.26 Å². The molecule has 2 aromatic carbocycles. The van der Waals surface area contributed by atoms with E-state index in [-0.39, 0.29) is 0 Å². The Morgan fingerprint density at radius 1 is 1.21 bits per heavy atom. The van der Waals surface area contributed by atoms with Crippen molar-refractivity contribution >= 4 is 14.5 Å². The summed E-state index contributed by atoms with van der Waals surface area (Å²) in [7, 11) is 6.92. The predicted molar refractivity (Wildman–Crippen MR) is 100 cm³/mol. The maximum Gasteiger partial charge on any atom is 0.119 e. The van der Waals surface area contributed by atoms with Crippen LogP contribution in [0.2, 0.25) is 0 Å². The average Bonchev–Trinajstić information content (AvgIpc) is 2.94. The molecule has 0 saturated carbocycles. The zero-order chi connectivity index (χ0) is 17.2.